The van der Waals surface area contributed by atoms with Gasteiger partial charge >= 0.3 is 0 Å². The monoisotopic (exact) mass is 153 g/mol. The van der Waals surface area contributed by atoms with Gasteiger partial charge in [0.2, 0.25) is 0 Å². The molecule has 0 aromatic rings. The second-order valence-electron chi connectivity index (χ2n) is 2.81. The fourth-order valence-electron chi connectivity index (χ4n) is 0.791. The molecule has 0 aliphatic carbocycles. The molecule has 0 aliphatic rings. The van der Waals surface area contributed by atoms with Gasteiger partial charge in [0.05, 0.1) is 0 Å². The van der Waals surface area contributed by atoms with Crippen LogP contribution in [0.1, 0.15) is 33.1 Å². The predicted molar refractivity (Wildman–Crippen MR) is 50.7 cm³/mol. The van der Waals surface area contributed by atoms with Gasteiger partial charge < -0.3 is 5.32 Å². The summed E-state index contributed by atoms with van der Waals surface area (Å²) in [5.74, 6) is 0. The van der Waals surface area contributed by atoms with E-state index in [0.29, 0.717) is 0 Å². The van der Waals surface area contributed by atoms with Crippen LogP contribution in [0.25, 0.3) is 0 Å². The highest BCUT2D eigenvalue weighted by atomic mass is 14.8. The summed E-state index contributed by atoms with van der Waals surface area (Å²) in [5, 5.41) is 3.36. The first-order chi connectivity index (χ1) is 5.31. The summed E-state index contributed by atoms with van der Waals surface area (Å²) < 4.78 is 0. The average Bonchev–Trinajstić information content (AvgIpc) is 2.04. The normalized spacial score (nSPS) is 9.27. The highest BCUT2D eigenvalue weighted by Gasteiger charge is 1.87. The lowest BCUT2D eigenvalue weighted by Crippen LogP contribution is -2.16. The highest BCUT2D eigenvalue weighted by molar-refractivity contribution is 4.94. The minimum absolute atomic E-state index is 1.06. The molecule has 0 unspecified atom stereocenters. The van der Waals surface area contributed by atoms with Crippen molar-refractivity contribution in [3.63, 3.8) is 0 Å². The molecule has 64 valence electrons. The van der Waals surface area contributed by atoms with E-state index in [4.69, 9.17) is 0 Å². The van der Waals surface area contributed by atoms with Gasteiger partial charge in [0.15, 0.2) is 0 Å². The molecule has 0 rings (SSSR count). The fourth-order valence-corrected chi connectivity index (χ4v) is 0.791. The highest BCUT2D eigenvalue weighted by Crippen LogP contribution is 1.93. The largest absolute Gasteiger partial charge is 0.316 e. The Hall–Kier alpha value is -0.520. The van der Waals surface area contributed by atoms with E-state index in [-0.39, 0.29) is 0 Å². The SMILES string of the molecule is C=C=C(C)CCNCCCC. The third-order valence-electron chi connectivity index (χ3n) is 1.69. The molecule has 0 aromatic heterocycles. The molecule has 0 atom stereocenters. The zero-order valence-corrected chi connectivity index (χ0v) is 7.74. The van der Waals surface area contributed by atoms with Gasteiger partial charge in [-0.25, -0.2) is 0 Å². The number of unbranched alkanes of at least 4 members (excludes halogenated alkanes) is 1. The second-order valence-corrected chi connectivity index (χ2v) is 2.81. The van der Waals surface area contributed by atoms with Crippen LogP contribution in [-0.4, -0.2) is 13.1 Å². The van der Waals surface area contributed by atoms with Gasteiger partial charge in [-0.15, -0.1) is 5.73 Å². The van der Waals surface area contributed by atoms with E-state index in [1.54, 1.807) is 0 Å². The molecule has 1 heteroatoms. The molecular weight excluding hydrogens is 134 g/mol. The van der Waals surface area contributed by atoms with Crippen LogP contribution in [0.4, 0.5) is 0 Å². The van der Waals surface area contributed by atoms with Crippen molar-refractivity contribution in [1.29, 1.82) is 0 Å². The third kappa shape index (κ3) is 7.38. The molecule has 1 N–H and O–H groups in total. The number of hydrogen-bond acceptors (Lipinski definition) is 1. The van der Waals surface area contributed by atoms with Crippen molar-refractivity contribution in [3.05, 3.63) is 17.9 Å². The smallest absolute Gasteiger partial charge is 0.000558 e. The summed E-state index contributed by atoms with van der Waals surface area (Å²) in [6.45, 7) is 10.1. The van der Waals surface area contributed by atoms with Gasteiger partial charge in [0.25, 0.3) is 0 Å². The third-order valence-corrected chi connectivity index (χ3v) is 1.69. The first kappa shape index (κ1) is 10.5. The van der Waals surface area contributed by atoms with Crippen LogP contribution in [0.3, 0.4) is 0 Å². The Morgan fingerprint density at radius 3 is 2.73 bits per heavy atom. The molecule has 0 radical (unpaired) electrons. The lowest BCUT2D eigenvalue weighted by molar-refractivity contribution is 0.639. The van der Waals surface area contributed by atoms with Crippen LogP contribution < -0.4 is 5.32 Å². The van der Waals surface area contributed by atoms with Crippen molar-refractivity contribution in [3.8, 4) is 0 Å². The minimum Gasteiger partial charge on any atom is -0.316 e. The van der Waals surface area contributed by atoms with Gasteiger partial charge in [-0.2, -0.15) is 0 Å². The molecule has 11 heavy (non-hydrogen) atoms. The van der Waals surface area contributed by atoms with Crippen LogP contribution in [0, 0.1) is 0 Å². The molecule has 0 spiro atoms. The molecule has 0 bridgehead atoms. The molecule has 0 heterocycles. The number of rotatable bonds is 6. The molecular formula is C10H19N. The van der Waals surface area contributed by atoms with Gasteiger partial charge in [-0.05, 0) is 38.4 Å². The quantitative estimate of drug-likeness (QED) is 0.456. The van der Waals surface area contributed by atoms with Crippen molar-refractivity contribution in [2.45, 2.75) is 33.1 Å². The van der Waals surface area contributed by atoms with Crippen LogP contribution in [-0.2, 0) is 0 Å². The van der Waals surface area contributed by atoms with E-state index >= 15 is 0 Å². The molecule has 0 saturated heterocycles. The van der Waals surface area contributed by atoms with Gasteiger partial charge in [0.1, 0.15) is 0 Å². The van der Waals surface area contributed by atoms with E-state index in [9.17, 15) is 0 Å². The van der Waals surface area contributed by atoms with Gasteiger partial charge in [-0.1, -0.05) is 19.9 Å². The Balaban J connectivity index is 3.08. The van der Waals surface area contributed by atoms with Crippen molar-refractivity contribution >= 4 is 0 Å². The summed E-state index contributed by atoms with van der Waals surface area (Å²) in [6.07, 6.45) is 3.62. The van der Waals surface area contributed by atoms with Crippen LogP contribution in [0.15, 0.2) is 17.9 Å². The average molecular weight is 153 g/mol. The zero-order chi connectivity index (χ0) is 8.53. The minimum atomic E-state index is 1.06. The summed E-state index contributed by atoms with van der Waals surface area (Å²) >= 11 is 0. The van der Waals surface area contributed by atoms with Crippen molar-refractivity contribution in [2.24, 2.45) is 0 Å². The van der Waals surface area contributed by atoms with Crippen molar-refractivity contribution in [1.82, 2.24) is 5.32 Å². The lowest BCUT2D eigenvalue weighted by atomic mass is 10.2. The lowest BCUT2D eigenvalue weighted by Gasteiger charge is -2.01. The summed E-state index contributed by atoms with van der Waals surface area (Å²) in [7, 11) is 0. The standard InChI is InChI=1S/C10H19N/c1-4-6-8-11-9-7-10(3)5-2/h11H,2,4,6-9H2,1,3H3. The van der Waals surface area contributed by atoms with E-state index in [0.717, 1.165) is 19.5 Å². The second kappa shape index (κ2) is 7.59. The van der Waals surface area contributed by atoms with Gasteiger partial charge in [0, 0.05) is 0 Å². The molecule has 1 nitrogen and oxygen atoms in total. The topological polar surface area (TPSA) is 12.0 Å². The molecule has 0 aromatic carbocycles. The van der Waals surface area contributed by atoms with Crippen molar-refractivity contribution < 1.29 is 0 Å². The summed E-state index contributed by atoms with van der Waals surface area (Å²) in [6, 6.07) is 0. The van der Waals surface area contributed by atoms with Gasteiger partial charge in [-0.3, -0.25) is 0 Å². The Kier molecular flexibility index (Phi) is 7.23. The molecule has 0 fully saturated rings. The maximum Gasteiger partial charge on any atom is -0.000558 e. The number of hydrogen-bond donors (Lipinski definition) is 1. The molecule has 0 amide bonds. The van der Waals surface area contributed by atoms with Crippen molar-refractivity contribution in [2.75, 3.05) is 13.1 Å². The van der Waals surface area contributed by atoms with E-state index < -0.39 is 0 Å². The Morgan fingerprint density at radius 1 is 1.45 bits per heavy atom. The summed E-state index contributed by atoms with van der Waals surface area (Å²) in [4.78, 5) is 0. The number of nitrogens with one attached hydrogen (secondary N) is 1. The fraction of sp³-hybridized carbons (Fsp3) is 0.700. The van der Waals surface area contributed by atoms with Crippen LogP contribution >= 0.6 is 0 Å². The van der Waals surface area contributed by atoms with E-state index in [2.05, 4.69) is 31.5 Å². The van der Waals surface area contributed by atoms with Crippen LogP contribution in [0.5, 0.6) is 0 Å². The Morgan fingerprint density at radius 2 is 2.18 bits per heavy atom. The Labute approximate surface area is 70.2 Å². The zero-order valence-electron chi connectivity index (χ0n) is 7.74. The predicted octanol–water partition coefficient (Wildman–Crippen LogP) is 2.50. The first-order valence-electron chi connectivity index (χ1n) is 4.37. The Bertz CT molecular complexity index is 132. The molecule has 0 aliphatic heterocycles. The maximum absolute atomic E-state index is 3.59. The van der Waals surface area contributed by atoms with E-state index in [1.165, 1.54) is 18.4 Å². The summed E-state index contributed by atoms with van der Waals surface area (Å²) in [5.41, 5.74) is 4.13. The first-order valence-corrected chi connectivity index (χ1v) is 4.37. The van der Waals surface area contributed by atoms with Crippen LogP contribution in [0.2, 0.25) is 0 Å². The van der Waals surface area contributed by atoms with E-state index in [1.807, 2.05) is 0 Å². The maximum atomic E-state index is 3.59. The molecule has 0 saturated carbocycles.